The van der Waals surface area contributed by atoms with Gasteiger partial charge in [0.25, 0.3) is 0 Å². The monoisotopic (exact) mass is 430 g/mol. The fraction of sp³-hybridized carbons (Fsp3) is 0.714. The molecule has 1 nitrogen and oxygen atoms in total. The lowest BCUT2D eigenvalue weighted by Crippen LogP contribution is -2.25. The Labute approximate surface area is 190 Å². The number of benzene rings is 1. The van der Waals surface area contributed by atoms with E-state index in [0.29, 0.717) is 22.7 Å². The Bertz CT molecular complexity index is 626. The third-order valence-electron chi connectivity index (χ3n) is 5.86. The van der Waals surface area contributed by atoms with Gasteiger partial charge in [0.1, 0.15) is 5.75 Å². The van der Waals surface area contributed by atoms with Crippen LogP contribution >= 0.6 is 0 Å². The van der Waals surface area contributed by atoms with Gasteiger partial charge in [-0.1, -0.05) is 90.4 Å². The van der Waals surface area contributed by atoms with E-state index in [1.807, 2.05) is 0 Å². The van der Waals surface area contributed by atoms with Crippen LogP contribution in [0.5, 0.6) is 5.75 Å². The van der Waals surface area contributed by atoms with Crippen LogP contribution in [-0.4, -0.2) is 16.1 Å². The van der Waals surface area contributed by atoms with Crippen molar-refractivity contribution in [2.24, 2.45) is 28.6 Å². The van der Waals surface area contributed by atoms with E-state index in [0.717, 1.165) is 18.3 Å². The summed E-state index contributed by atoms with van der Waals surface area (Å²) in [7, 11) is -0.286. The molecule has 3 unspecified atom stereocenters. The first-order chi connectivity index (χ1) is 13.7. The zero-order valence-electron chi connectivity index (χ0n) is 21.8. The minimum Gasteiger partial charge on any atom is -0.493 e. The minimum absolute atomic E-state index is 0.286. The van der Waals surface area contributed by atoms with Crippen LogP contribution in [0.25, 0.3) is 0 Å². The molecule has 0 saturated heterocycles. The largest absolute Gasteiger partial charge is 0.493 e. The van der Waals surface area contributed by atoms with Crippen LogP contribution in [0.4, 0.5) is 0 Å². The first-order valence-electron chi connectivity index (χ1n) is 12.1. The van der Waals surface area contributed by atoms with Gasteiger partial charge in [0.05, 0.1) is 16.1 Å². The molecule has 1 aromatic rings. The van der Waals surface area contributed by atoms with E-state index in [2.05, 4.69) is 99.2 Å². The zero-order valence-corrected chi connectivity index (χ0v) is 23.2. The molecule has 0 fully saturated rings. The van der Waals surface area contributed by atoms with Crippen molar-refractivity contribution in [1.29, 1.82) is 0 Å². The molecule has 0 aromatic heterocycles. The summed E-state index contributed by atoms with van der Waals surface area (Å²) in [5, 5.41) is 1.48. The van der Waals surface area contributed by atoms with E-state index < -0.39 is 0 Å². The number of hydrogen-bond acceptors (Lipinski definition) is 1. The second kappa shape index (κ2) is 12.1. The van der Waals surface area contributed by atoms with E-state index in [9.17, 15) is 0 Å². The molecule has 2 heteroatoms. The van der Waals surface area contributed by atoms with Gasteiger partial charge >= 0.3 is 0 Å². The molecule has 3 atom stereocenters. The van der Waals surface area contributed by atoms with Crippen molar-refractivity contribution >= 4 is 14.7 Å². The molecule has 0 amide bonds. The Morgan fingerprint density at radius 3 is 1.97 bits per heavy atom. The molecule has 172 valence electrons. The molecular formula is C28H50OSi. The summed E-state index contributed by atoms with van der Waals surface area (Å²) in [4.78, 5) is 0. The van der Waals surface area contributed by atoms with Crippen LogP contribution < -0.4 is 9.92 Å². The van der Waals surface area contributed by atoms with Crippen molar-refractivity contribution < 1.29 is 4.74 Å². The van der Waals surface area contributed by atoms with Crippen molar-refractivity contribution in [3.63, 3.8) is 0 Å². The van der Waals surface area contributed by atoms with Gasteiger partial charge in [-0.05, 0) is 73.8 Å². The highest BCUT2D eigenvalue weighted by Crippen LogP contribution is 2.34. The quantitative estimate of drug-likeness (QED) is 0.334. The highest BCUT2D eigenvalue weighted by Gasteiger charge is 2.25. The molecule has 0 aliphatic rings. The molecule has 0 N–H and O–H groups in total. The van der Waals surface area contributed by atoms with Crippen LogP contribution in [0, 0.1) is 28.6 Å². The minimum atomic E-state index is -0.286. The Balaban J connectivity index is 2.71. The van der Waals surface area contributed by atoms with E-state index in [-0.39, 0.29) is 9.52 Å². The number of hydrogen-bond donors (Lipinski definition) is 0. The lowest BCUT2D eigenvalue weighted by atomic mass is 9.76. The standard InChI is InChI=1S/C28H50OSi/c1-21(2)20-30-26-15-13-25(14-16-26)29-19-24(23(4)18-28(8,9)10)12-11-22(3)17-27(5,6)7/h13-16,20,22-24H,11-12,17-19,30H2,1-10H3. The smallest absolute Gasteiger partial charge is 0.119 e. The summed E-state index contributed by atoms with van der Waals surface area (Å²) in [5.74, 6) is 3.09. The third-order valence-corrected chi connectivity index (χ3v) is 7.83. The van der Waals surface area contributed by atoms with Crippen molar-refractivity contribution in [3.8, 4) is 5.75 Å². The summed E-state index contributed by atoms with van der Waals surface area (Å²) >= 11 is 0. The van der Waals surface area contributed by atoms with Crippen molar-refractivity contribution in [2.45, 2.75) is 94.9 Å². The molecule has 1 rings (SSSR count). The van der Waals surface area contributed by atoms with Gasteiger partial charge in [-0.15, -0.1) is 0 Å². The lowest BCUT2D eigenvalue weighted by Gasteiger charge is -2.31. The molecule has 0 radical (unpaired) electrons. The molecule has 0 saturated carbocycles. The number of ether oxygens (including phenoxy) is 1. The van der Waals surface area contributed by atoms with E-state index in [1.165, 1.54) is 36.4 Å². The van der Waals surface area contributed by atoms with Crippen LogP contribution in [0.3, 0.4) is 0 Å². The van der Waals surface area contributed by atoms with Crippen LogP contribution in [-0.2, 0) is 0 Å². The molecule has 0 bridgehead atoms. The topological polar surface area (TPSA) is 9.23 Å². The van der Waals surface area contributed by atoms with Crippen LogP contribution in [0.15, 0.2) is 35.5 Å². The molecular weight excluding hydrogens is 380 g/mol. The van der Waals surface area contributed by atoms with Crippen molar-refractivity contribution in [3.05, 3.63) is 35.5 Å². The summed E-state index contributed by atoms with van der Waals surface area (Å²) < 4.78 is 6.32. The highest BCUT2D eigenvalue weighted by atomic mass is 28.2. The van der Waals surface area contributed by atoms with Crippen LogP contribution in [0.2, 0.25) is 0 Å². The Morgan fingerprint density at radius 1 is 0.900 bits per heavy atom. The fourth-order valence-electron chi connectivity index (χ4n) is 4.56. The number of rotatable bonds is 11. The second-order valence-corrected chi connectivity index (χ2v) is 14.0. The Hall–Kier alpha value is -1.02. The Kier molecular flexibility index (Phi) is 10.9. The molecule has 1 aromatic carbocycles. The van der Waals surface area contributed by atoms with Gasteiger partial charge in [0, 0.05) is 0 Å². The fourth-order valence-corrected chi connectivity index (χ4v) is 5.71. The average Bonchev–Trinajstić information content (AvgIpc) is 2.57. The summed E-state index contributed by atoms with van der Waals surface area (Å²) in [6, 6.07) is 8.88. The SMILES string of the molecule is CC(C)=C[SiH2]c1ccc(OCC(CCC(C)CC(C)(C)C)C(C)CC(C)(C)C)cc1. The van der Waals surface area contributed by atoms with Gasteiger partial charge in [0.15, 0.2) is 0 Å². The van der Waals surface area contributed by atoms with Gasteiger partial charge in [-0.25, -0.2) is 0 Å². The predicted octanol–water partition coefficient (Wildman–Crippen LogP) is 7.32. The zero-order chi connectivity index (χ0) is 22.9. The van der Waals surface area contributed by atoms with Crippen LogP contribution in [0.1, 0.15) is 94.9 Å². The van der Waals surface area contributed by atoms with E-state index in [4.69, 9.17) is 4.74 Å². The first-order valence-corrected chi connectivity index (χ1v) is 13.6. The molecule has 0 spiro atoms. The highest BCUT2D eigenvalue weighted by molar-refractivity contribution is 6.58. The van der Waals surface area contributed by atoms with E-state index >= 15 is 0 Å². The summed E-state index contributed by atoms with van der Waals surface area (Å²) in [6.07, 6.45) is 5.11. The molecule has 0 heterocycles. The first kappa shape index (κ1) is 27.0. The van der Waals surface area contributed by atoms with Gasteiger partial charge in [-0.3, -0.25) is 0 Å². The second-order valence-electron chi connectivity index (χ2n) is 12.4. The van der Waals surface area contributed by atoms with E-state index in [1.54, 1.807) is 0 Å². The number of allylic oxidation sites excluding steroid dienone is 1. The third kappa shape index (κ3) is 12.6. The maximum absolute atomic E-state index is 6.32. The normalized spacial score (nSPS) is 15.8. The van der Waals surface area contributed by atoms with Gasteiger partial charge in [-0.2, -0.15) is 0 Å². The predicted molar refractivity (Wildman–Crippen MR) is 139 cm³/mol. The van der Waals surface area contributed by atoms with Gasteiger partial charge < -0.3 is 4.74 Å². The molecule has 30 heavy (non-hydrogen) atoms. The maximum atomic E-state index is 6.32. The average molecular weight is 431 g/mol. The lowest BCUT2D eigenvalue weighted by molar-refractivity contribution is 0.147. The van der Waals surface area contributed by atoms with Crippen molar-refractivity contribution in [1.82, 2.24) is 0 Å². The van der Waals surface area contributed by atoms with Crippen molar-refractivity contribution in [2.75, 3.05) is 6.61 Å². The Morgan fingerprint density at radius 2 is 1.47 bits per heavy atom. The molecule has 0 aliphatic heterocycles. The summed E-state index contributed by atoms with van der Waals surface area (Å²) in [6.45, 7) is 24.2. The summed E-state index contributed by atoms with van der Waals surface area (Å²) in [5.41, 5.74) is 4.63. The van der Waals surface area contributed by atoms with Gasteiger partial charge in [0.2, 0.25) is 0 Å². The maximum Gasteiger partial charge on any atom is 0.119 e. The molecule has 0 aliphatic carbocycles.